The smallest absolute Gasteiger partial charge is 0.303 e. The molecule has 1 aromatic heterocycles. The lowest BCUT2D eigenvalue weighted by atomic mass is 10.1. The molecule has 0 saturated carbocycles. The van der Waals surface area contributed by atoms with Gasteiger partial charge in [-0.05, 0) is 18.6 Å². The predicted octanol–water partition coefficient (Wildman–Crippen LogP) is 0.221. The molecule has 0 aromatic carbocycles. The van der Waals surface area contributed by atoms with Crippen molar-refractivity contribution in [1.82, 2.24) is 4.98 Å². The molecule has 1 heterocycles. The Balaban J connectivity index is 2.60. The second-order valence-corrected chi connectivity index (χ2v) is 3.59. The first-order chi connectivity index (χ1) is 8.54. The van der Waals surface area contributed by atoms with Gasteiger partial charge in [-0.2, -0.15) is 0 Å². The number of anilines is 1. The van der Waals surface area contributed by atoms with E-state index >= 15 is 0 Å². The van der Waals surface area contributed by atoms with Crippen molar-refractivity contribution in [2.24, 2.45) is 5.73 Å². The number of nitrogens with zero attached hydrogens (tertiary/aromatic N) is 1. The van der Waals surface area contributed by atoms with Crippen molar-refractivity contribution in [1.29, 1.82) is 0 Å². The molecule has 7 heteroatoms. The quantitative estimate of drug-likeness (QED) is 0.668. The van der Waals surface area contributed by atoms with E-state index < -0.39 is 17.9 Å². The lowest BCUT2D eigenvalue weighted by Crippen LogP contribution is -2.36. The van der Waals surface area contributed by atoms with Crippen LogP contribution in [0.25, 0.3) is 0 Å². The molecule has 0 spiro atoms. The highest BCUT2D eigenvalue weighted by molar-refractivity contribution is 5.95. The zero-order valence-electron chi connectivity index (χ0n) is 9.92. The number of nitrogens with two attached hydrogens (primary N) is 1. The molecule has 1 unspecified atom stereocenters. The van der Waals surface area contributed by atoms with Crippen LogP contribution in [-0.4, -0.2) is 35.1 Å². The number of methoxy groups -OCH3 is 1. The third-order valence-electron chi connectivity index (χ3n) is 2.23. The van der Waals surface area contributed by atoms with Gasteiger partial charge < -0.3 is 20.9 Å². The van der Waals surface area contributed by atoms with Gasteiger partial charge in [-0.15, -0.1) is 0 Å². The summed E-state index contributed by atoms with van der Waals surface area (Å²) in [7, 11) is 1.43. The number of aliphatic carboxylic acids is 1. The SMILES string of the molecule is COc1ncccc1NC(=O)C(N)CCC(=O)O. The van der Waals surface area contributed by atoms with Crippen molar-refractivity contribution in [3.63, 3.8) is 0 Å². The molecule has 1 rings (SSSR count). The van der Waals surface area contributed by atoms with Crippen LogP contribution in [0.1, 0.15) is 12.8 Å². The van der Waals surface area contributed by atoms with E-state index in [1.807, 2.05) is 0 Å². The average molecular weight is 253 g/mol. The number of hydrogen-bond acceptors (Lipinski definition) is 5. The number of carbonyl (C=O) groups is 2. The summed E-state index contributed by atoms with van der Waals surface area (Å²) in [6, 6.07) is 2.38. The van der Waals surface area contributed by atoms with Crippen molar-refractivity contribution >= 4 is 17.6 Å². The van der Waals surface area contributed by atoms with E-state index in [4.69, 9.17) is 15.6 Å². The summed E-state index contributed by atoms with van der Waals surface area (Å²) in [4.78, 5) is 26.0. The van der Waals surface area contributed by atoms with Gasteiger partial charge in [0, 0.05) is 12.6 Å². The van der Waals surface area contributed by atoms with Gasteiger partial charge >= 0.3 is 5.97 Å². The van der Waals surface area contributed by atoms with Crippen LogP contribution in [0.3, 0.4) is 0 Å². The summed E-state index contributed by atoms with van der Waals surface area (Å²) in [5, 5.41) is 11.0. The zero-order chi connectivity index (χ0) is 13.5. The highest BCUT2D eigenvalue weighted by Gasteiger charge is 2.16. The van der Waals surface area contributed by atoms with E-state index in [2.05, 4.69) is 10.3 Å². The van der Waals surface area contributed by atoms with Crippen LogP contribution in [0.15, 0.2) is 18.3 Å². The van der Waals surface area contributed by atoms with Crippen LogP contribution in [0.2, 0.25) is 0 Å². The monoisotopic (exact) mass is 253 g/mol. The molecule has 18 heavy (non-hydrogen) atoms. The standard InChI is InChI=1S/C11H15N3O4/c1-18-11-8(3-2-6-13-11)14-10(17)7(12)4-5-9(15)16/h2-3,6-7H,4-5,12H2,1H3,(H,14,17)(H,15,16). The molecule has 0 bridgehead atoms. The number of hydrogen-bond donors (Lipinski definition) is 3. The second-order valence-electron chi connectivity index (χ2n) is 3.59. The highest BCUT2D eigenvalue weighted by Crippen LogP contribution is 2.19. The first-order valence-corrected chi connectivity index (χ1v) is 5.32. The summed E-state index contributed by atoms with van der Waals surface area (Å²) < 4.78 is 4.96. The van der Waals surface area contributed by atoms with Gasteiger partial charge in [-0.3, -0.25) is 9.59 Å². The van der Waals surface area contributed by atoms with Gasteiger partial charge in [0.2, 0.25) is 11.8 Å². The van der Waals surface area contributed by atoms with Crippen molar-refractivity contribution in [3.05, 3.63) is 18.3 Å². The van der Waals surface area contributed by atoms with Gasteiger partial charge in [-0.1, -0.05) is 0 Å². The number of aromatic nitrogens is 1. The minimum atomic E-state index is -0.989. The van der Waals surface area contributed by atoms with Crippen LogP contribution in [0.4, 0.5) is 5.69 Å². The molecule has 0 radical (unpaired) electrons. The number of ether oxygens (including phenoxy) is 1. The molecule has 1 atom stereocenters. The van der Waals surface area contributed by atoms with E-state index in [-0.39, 0.29) is 18.7 Å². The Bertz CT molecular complexity index is 436. The Labute approximate surface area is 104 Å². The van der Waals surface area contributed by atoms with Gasteiger partial charge in [-0.25, -0.2) is 4.98 Å². The summed E-state index contributed by atoms with van der Waals surface area (Å²) in [6.07, 6.45) is 1.45. The number of rotatable bonds is 6. The van der Waals surface area contributed by atoms with E-state index in [9.17, 15) is 9.59 Å². The average Bonchev–Trinajstić information content (AvgIpc) is 2.36. The number of nitrogens with one attached hydrogen (secondary N) is 1. The maximum atomic E-state index is 11.7. The lowest BCUT2D eigenvalue weighted by Gasteiger charge is -2.12. The second kappa shape index (κ2) is 6.55. The van der Waals surface area contributed by atoms with E-state index in [1.165, 1.54) is 13.3 Å². The van der Waals surface area contributed by atoms with Crippen LogP contribution >= 0.6 is 0 Å². The molecule has 0 aliphatic carbocycles. The number of pyridine rings is 1. The van der Waals surface area contributed by atoms with Crippen LogP contribution in [0.5, 0.6) is 5.88 Å². The van der Waals surface area contributed by atoms with Gasteiger partial charge in [0.1, 0.15) is 5.69 Å². The maximum Gasteiger partial charge on any atom is 0.303 e. The number of carbonyl (C=O) groups excluding carboxylic acids is 1. The number of carboxylic acids is 1. The molecule has 0 fully saturated rings. The van der Waals surface area contributed by atoms with Gasteiger partial charge in [0.25, 0.3) is 0 Å². The molecule has 1 aromatic rings. The summed E-state index contributed by atoms with van der Waals surface area (Å²) in [6.45, 7) is 0. The molecule has 98 valence electrons. The molecular formula is C11H15N3O4. The minimum absolute atomic E-state index is 0.0732. The fourth-order valence-electron chi connectivity index (χ4n) is 1.28. The Morgan fingerprint density at radius 1 is 1.61 bits per heavy atom. The number of amides is 1. The Morgan fingerprint density at radius 2 is 2.33 bits per heavy atom. The first kappa shape index (κ1) is 13.9. The largest absolute Gasteiger partial charge is 0.481 e. The van der Waals surface area contributed by atoms with Gasteiger partial charge in [0.15, 0.2) is 0 Å². The molecule has 1 amide bonds. The van der Waals surface area contributed by atoms with E-state index in [0.717, 1.165) is 0 Å². The lowest BCUT2D eigenvalue weighted by molar-refractivity contribution is -0.137. The zero-order valence-corrected chi connectivity index (χ0v) is 9.92. The van der Waals surface area contributed by atoms with E-state index in [1.54, 1.807) is 12.1 Å². The van der Waals surface area contributed by atoms with E-state index in [0.29, 0.717) is 5.69 Å². The molecular weight excluding hydrogens is 238 g/mol. The van der Waals surface area contributed by atoms with Crippen LogP contribution in [-0.2, 0) is 9.59 Å². The summed E-state index contributed by atoms with van der Waals surface area (Å²) in [5.74, 6) is -1.18. The third-order valence-corrected chi connectivity index (χ3v) is 2.23. The fraction of sp³-hybridized carbons (Fsp3) is 0.364. The van der Waals surface area contributed by atoms with Crippen molar-refractivity contribution in [2.75, 3.05) is 12.4 Å². The third kappa shape index (κ3) is 4.02. The first-order valence-electron chi connectivity index (χ1n) is 5.32. The van der Waals surface area contributed by atoms with Gasteiger partial charge in [0.05, 0.1) is 13.2 Å². The Kier molecular flexibility index (Phi) is 5.06. The maximum absolute atomic E-state index is 11.7. The molecule has 0 saturated heterocycles. The fourth-order valence-corrected chi connectivity index (χ4v) is 1.28. The highest BCUT2D eigenvalue weighted by atomic mass is 16.5. The molecule has 7 nitrogen and oxygen atoms in total. The topological polar surface area (TPSA) is 115 Å². The number of carboxylic acid groups (broad SMARTS) is 1. The Hall–Kier alpha value is -2.15. The molecule has 0 aliphatic heterocycles. The van der Waals surface area contributed by atoms with Crippen LogP contribution < -0.4 is 15.8 Å². The molecule has 4 N–H and O–H groups in total. The minimum Gasteiger partial charge on any atom is -0.481 e. The molecule has 0 aliphatic rings. The summed E-state index contributed by atoms with van der Waals surface area (Å²) >= 11 is 0. The van der Waals surface area contributed by atoms with Crippen molar-refractivity contribution < 1.29 is 19.4 Å². The van der Waals surface area contributed by atoms with Crippen molar-refractivity contribution in [2.45, 2.75) is 18.9 Å². The Morgan fingerprint density at radius 3 is 2.94 bits per heavy atom. The van der Waals surface area contributed by atoms with Crippen molar-refractivity contribution in [3.8, 4) is 5.88 Å². The van der Waals surface area contributed by atoms with Crippen LogP contribution in [0, 0.1) is 0 Å². The normalized spacial score (nSPS) is 11.7. The predicted molar refractivity (Wildman–Crippen MR) is 64.3 cm³/mol. The summed E-state index contributed by atoms with van der Waals surface area (Å²) in [5.41, 5.74) is 5.97.